The van der Waals surface area contributed by atoms with E-state index in [2.05, 4.69) is 0 Å². The molecule has 0 aliphatic carbocycles. The zero-order valence-electron chi connectivity index (χ0n) is 10.3. The molecule has 1 aromatic rings. The van der Waals surface area contributed by atoms with Crippen LogP contribution in [0.25, 0.3) is 0 Å². The molecule has 1 heterocycles. The van der Waals surface area contributed by atoms with Gasteiger partial charge in [0.05, 0.1) is 11.6 Å². The van der Waals surface area contributed by atoms with Gasteiger partial charge in [0, 0.05) is 18.8 Å². The molecule has 4 N–H and O–H groups in total. The van der Waals surface area contributed by atoms with Gasteiger partial charge in [-0.2, -0.15) is 5.26 Å². The third-order valence-corrected chi connectivity index (χ3v) is 3.27. The Balaban J connectivity index is 2.17. The molecular formula is C13H14N4O2. The third kappa shape index (κ3) is 2.50. The number of primary amides is 1. The average molecular weight is 258 g/mol. The number of carbonyl (C=O) groups excluding carboxylic acids is 2. The second kappa shape index (κ2) is 4.98. The van der Waals surface area contributed by atoms with Crippen molar-refractivity contribution in [2.24, 2.45) is 11.7 Å². The molecule has 19 heavy (non-hydrogen) atoms. The number of anilines is 1. The largest absolute Gasteiger partial charge is 0.398 e. The molecular weight excluding hydrogens is 244 g/mol. The number of benzene rings is 1. The van der Waals surface area contributed by atoms with Crippen molar-refractivity contribution in [1.29, 1.82) is 5.26 Å². The van der Waals surface area contributed by atoms with Crippen molar-refractivity contribution in [3.05, 3.63) is 29.3 Å². The molecule has 1 aromatic carbocycles. The Hall–Kier alpha value is -2.55. The van der Waals surface area contributed by atoms with Crippen LogP contribution in [0.2, 0.25) is 0 Å². The van der Waals surface area contributed by atoms with Crippen molar-refractivity contribution in [1.82, 2.24) is 4.90 Å². The van der Waals surface area contributed by atoms with Gasteiger partial charge in [-0.15, -0.1) is 0 Å². The summed E-state index contributed by atoms with van der Waals surface area (Å²) in [6.07, 6.45) is 0.437. The van der Waals surface area contributed by atoms with Crippen LogP contribution in [0.1, 0.15) is 17.5 Å². The fraction of sp³-hybridized carbons (Fsp3) is 0.308. The topological polar surface area (TPSA) is 113 Å². The maximum absolute atomic E-state index is 11.9. The second-order valence-electron chi connectivity index (χ2n) is 4.53. The highest BCUT2D eigenvalue weighted by Gasteiger charge is 2.35. The van der Waals surface area contributed by atoms with Gasteiger partial charge in [-0.3, -0.25) is 9.59 Å². The molecule has 2 rings (SSSR count). The van der Waals surface area contributed by atoms with Crippen LogP contribution in [-0.2, 0) is 16.1 Å². The average Bonchev–Trinajstić information content (AvgIpc) is 2.74. The summed E-state index contributed by atoms with van der Waals surface area (Å²) < 4.78 is 0. The van der Waals surface area contributed by atoms with Gasteiger partial charge in [0.2, 0.25) is 11.8 Å². The molecule has 0 spiro atoms. The Bertz CT molecular complexity index is 576. The summed E-state index contributed by atoms with van der Waals surface area (Å²) in [5.41, 5.74) is 12.7. The maximum atomic E-state index is 11.9. The SMILES string of the molecule is N#Cc1ccc(N)c(CN2CC[C@@H](C(N)=O)C2=O)c1. The number of nitriles is 1. The lowest BCUT2D eigenvalue weighted by molar-refractivity contribution is -0.136. The predicted molar refractivity (Wildman–Crippen MR) is 68.3 cm³/mol. The monoisotopic (exact) mass is 258 g/mol. The highest BCUT2D eigenvalue weighted by molar-refractivity contribution is 6.00. The Kier molecular flexibility index (Phi) is 3.38. The highest BCUT2D eigenvalue weighted by atomic mass is 16.2. The van der Waals surface area contributed by atoms with E-state index in [9.17, 15) is 9.59 Å². The first-order valence-electron chi connectivity index (χ1n) is 5.89. The van der Waals surface area contributed by atoms with Gasteiger partial charge in [-0.1, -0.05) is 0 Å². The fourth-order valence-corrected chi connectivity index (χ4v) is 2.18. The lowest BCUT2D eigenvalue weighted by Gasteiger charge is -2.17. The highest BCUT2D eigenvalue weighted by Crippen LogP contribution is 2.23. The Morgan fingerprint density at radius 3 is 2.84 bits per heavy atom. The minimum absolute atomic E-state index is 0.269. The summed E-state index contributed by atoms with van der Waals surface area (Å²) in [6.45, 7) is 0.770. The normalized spacial score (nSPS) is 18.4. The van der Waals surface area contributed by atoms with E-state index < -0.39 is 11.8 Å². The molecule has 0 bridgehead atoms. The zero-order valence-corrected chi connectivity index (χ0v) is 10.3. The Morgan fingerprint density at radius 2 is 2.26 bits per heavy atom. The summed E-state index contributed by atoms with van der Waals surface area (Å²) in [5, 5.41) is 8.85. The molecule has 1 fully saturated rings. The van der Waals surface area contributed by atoms with Gasteiger partial charge >= 0.3 is 0 Å². The van der Waals surface area contributed by atoms with Crippen LogP contribution in [-0.4, -0.2) is 23.3 Å². The lowest BCUT2D eigenvalue weighted by Crippen LogP contribution is -2.33. The van der Waals surface area contributed by atoms with E-state index in [1.54, 1.807) is 23.1 Å². The summed E-state index contributed by atoms with van der Waals surface area (Å²) in [4.78, 5) is 24.6. The molecule has 1 aliphatic rings. The number of likely N-dealkylation sites (tertiary alicyclic amines) is 1. The Morgan fingerprint density at radius 1 is 1.53 bits per heavy atom. The lowest BCUT2D eigenvalue weighted by atomic mass is 10.1. The number of rotatable bonds is 3. The molecule has 0 radical (unpaired) electrons. The van der Waals surface area contributed by atoms with Gasteiger partial charge in [-0.25, -0.2) is 0 Å². The summed E-state index contributed by atoms with van der Waals surface area (Å²) in [6, 6.07) is 6.94. The van der Waals surface area contributed by atoms with E-state index in [1.807, 2.05) is 6.07 Å². The van der Waals surface area contributed by atoms with Gasteiger partial charge < -0.3 is 16.4 Å². The van der Waals surface area contributed by atoms with Gasteiger partial charge in [0.1, 0.15) is 5.92 Å². The summed E-state index contributed by atoms with van der Waals surface area (Å²) in [5.74, 6) is -1.60. The number of nitrogens with two attached hydrogens (primary N) is 2. The molecule has 98 valence electrons. The summed E-state index contributed by atoms with van der Waals surface area (Å²) in [7, 11) is 0. The molecule has 0 unspecified atom stereocenters. The van der Waals surface area contributed by atoms with E-state index in [0.29, 0.717) is 36.3 Å². The van der Waals surface area contributed by atoms with Crippen molar-refractivity contribution < 1.29 is 9.59 Å². The number of nitrogens with zero attached hydrogens (tertiary/aromatic N) is 2. The van der Waals surface area contributed by atoms with Gasteiger partial charge in [0.25, 0.3) is 0 Å². The fourth-order valence-electron chi connectivity index (χ4n) is 2.18. The van der Waals surface area contributed by atoms with E-state index in [0.717, 1.165) is 0 Å². The number of amides is 2. The molecule has 1 saturated heterocycles. The molecule has 1 aliphatic heterocycles. The van der Waals surface area contributed by atoms with Crippen LogP contribution in [0.3, 0.4) is 0 Å². The maximum Gasteiger partial charge on any atom is 0.235 e. The standard InChI is InChI=1S/C13H14N4O2/c14-6-8-1-2-11(15)9(5-8)7-17-4-3-10(12(16)18)13(17)19/h1-2,5,10H,3-4,7,15H2,(H2,16,18)/t10-/m0/s1. The van der Waals surface area contributed by atoms with E-state index in [-0.39, 0.29) is 5.91 Å². The quantitative estimate of drug-likeness (QED) is 0.585. The van der Waals surface area contributed by atoms with Gasteiger partial charge in [0.15, 0.2) is 0 Å². The molecule has 1 atom stereocenters. The number of hydrogen-bond donors (Lipinski definition) is 2. The van der Waals surface area contributed by atoms with Crippen LogP contribution in [0.15, 0.2) is 18.2 Å². The summed E-state index contributed by atoms with van der Waals surface area (Å²) >= 11 is 0. The molecule has 2 amide bonds. The van der Waals surface area contributed by atoms with Crippen LogP contribution in [0, 0.1) is 17.2 Å². The van der Waals surface area contributed by atoms with Crippen LogP contribution >= 0.6 is 0 Å². The minimum atomic E-state index is -0.736. The zero-order chi connectivity index (χ0) is 14.0. The third-order valence-electron chi connectivity index (χ3n) is 3.27. The minimum Gasteiger partial charge on any atom is -0.398 e. The van der Waals surface area contributed by atoms with Crippen molar-refractivity contribution >= 4 is 17.5 Å². The van der Waals surface area contributed by atoms with Crippen molar-refractivity contribution in [2.45, 2.75) is 13.0 Å². The molecule has 0 saturated carbocycles. The van der Waals surface area contributed by atoms with Crippen molar-refractivity contribution in [3.8, 4) is 6.07 Å². The van der Waals surface area contributed by atoms with Gasteiger partial charge in [-0.05, 0) is 30.2 Å². The van der Waals surface area contributed by atoms with Crippen LogP contribution in [0.4, 0.5) is 5.69 Å². The first-order valence-corrected chi connectivity index (χ1v) is 5.89. The number of hydrogen-bond acceptors (Lipinski definition) is 4. The molecule has 6 heteroatoms. The first-order chi connectivity index (χ1) is 9.02. The number of nitrogen functional groups attached to an aromatic ring is 1. The first kappa shape index (κ1) is 12.9. The van der Waals surface area contributed by atoms with Crippen LogP contribution < -0.4 is 11.5 Å². The predicted octanol–water partition coefficient (Wildman–Crippen LogP) is -0.0257. The number of carbonyl (C=O) groups is 2. The Labute approximate surface area is 110 Å². The smallest absolute Gasteiger partial charge is 0.235 e. The van der Waals surface area contributed by atoms with E-state index in [1.165, 1.54) is 0 Å². The van der Waals surface area contributed by atoms with E-state index in [4.69, 9.17) is 16.7 Å². The molecule has 6 nitrogen and oxygen atoms in total. The van der Waals surface area contributed by atoms with Crippen molar-refractivity contribution in [2.75, 3.05) is 12.3 Å². The van der Waals surface area contributed by atoms with E-state index >= 15 is 0 Å². The second-order valence-corrected chi connectivity index (χ2v) is 4.53. The van der Waals surface area contributed by atoms with Crippen LogP contribution in [0.5, 0.6) is 0 Å². The van der Waals surface area contributed by atoms with Crippen molar-refractivity contribution in [3.63, 3.8) is 0 Å². The molecule has 0 aromatic heterocycles.